The molecule has 1 unspecified atom stereocenters. The maximum Gasteiger partial charge on any atom is 0.352 e. The van der Waals surface area contributed by atoms with Crippen LogP contribution < -0.4 is 5.32 Å². The van der Waals surface area contributed by atoms with Crippen LogP contribution in [0, 0.1) is 0 Å². The smallest absolute Gasteiger partial charge is 0.352 e. The number of rotatable bonds is 9. The van der Waals surface area contributed by atoms with Gasteiger partial charge in [0.1, 0.15) is 22.1 Å². The van der Waals surface area contributed by atoms with Crippen molar-refractivity contribution in [1.29, 1.82) is 0 Å². The number of amides is 2. The Kier molecular flexibility index (Phi) is 6.93. The predicted octanol–water partition coefficient (Wildman–Crippen LogP) is 2.46. The third-order valence-electron chi connectivity index (χ3n) is 5.63. The average Bonchev–Trinajstić information content (AvgIpc) is 3.53. The fraction of sp³-hybridized carbons (Fsp3) is 0.261. The van der Waals surface area contributed by atoms with Gasteiger partial charge < -0.3 is 10.4 Å². The Labute approximate surface area is 213 Å². The first-order valence-corrected chi connectivity index (χ1v) is 13.7. The lowest BCUT2D eigenvalue weighted by Gasteiger charge is -2.49. The van der Waals surface area contributed by atoms with Gasteiger partial charge in [-0.05, 0) is 22.6 Å². The molecule has 180 valence electrons. The highest BCUT2D eigenvalue weighted by Crippen LogP contribution is 2.41. The highest BCUT2D eigenvalue weighted by Gasteiger charge is 2.54. The number of β-lactam (4-membered cyclic amide) rings is 1. The van der Waals surface area contributed by atoms with Crippen LogP contribution in [0.5, 0.6) is 0 Å². The zero-order chi connectivity index (χ0) is 24.4. The average molecular weight is 528 g/mol. The molecule has 0 bridgehead atoms. The van der Waals surface area contributed by atoms with Crippen molar-refractivity contribution in [3.63, 3.8) is 0 Å². The Morgan fingerprint density at radius 2 is 2.03 bits per heavy atom. The molecule has 0 aliphatic carbocycles. The van der Waals surface area contributed by atoms with Crippen molar-refractivity contribution in [2.24, 2.45) is 0 Å². The number of fused-ring (bicyclic) bond motifs is 1. The number of nitrogens with one attached hydrogen (secondary N) is 1. The normalized spacial score (nSPS) is 19.3. The van der Waals surface area contributed by atoms with Crippen LogP contribution in [-0.2, 0) is 27.3 Å². The molecule has 1 aromatic carbocycles. The molecule has 1 saturated heterocycles. The van der Waals surface area contributed by atoms with Gasteiger partial charge in [-0.3, -0.25) is 14.5 Å². The molecule has 35 heavy (non-hydrogen) atoms. The number of aromatic nitrogens is 3. The number of carbonyl (C=O) groups excluding carboxylic acids is 2. The first-order chi connectivity index (χ1) is 17.0. The van der Waals surface area contributed by atoms with Crippen molar-refractivity contribution in [3.05, 3.63) is 75.8 Å². The number of hydrogen-bond acceptors (Lipinski definition) is 8. The predicted molar refractivity (Wildman–Crippen MR) is 134 cm³/mol. The maximum absolute atomic E-state index is 12.9. The molecule has 12 heteroatoms. The maximum atomic E-state index is 12.9. The lowest BCUT2D eigenvalue weighted by molar-refractivity contribution is -0.150. The summed E-state index contributed by atoms with van der Waals surface area (Å²) in [6.45, 7) is 0.558. The number of nitrogens with zero attached hydrogens (tertiary/aromatic N) is 4. The van der Waals surface area contributed by atoms with Gasteiger partial charge in [-0.2, -0.15) is 0 Å². The van der Waals surface area contributed by atoms with E-state index in [-0.39, 0.29) is 18.0 Å². The second kappa shape index (κ2) is 10.3. The van der Waals surface area contributed by atoms with E-state index in [1.807, 2.05) is 47.8 Å². The van der Waals surface area contributed by atoms with Crippen LogP contribution in [0.1, 0.15) is 10.4 Å². The van der Waals surface area contributed by atoms with Gasteiger partial charge in [0.15, 0.2) is 0 Å². The van der Waals surface area contributed by atoms with Gasteiger partial charge in [0.05, 0.1) is 19.2 Å². The third kappa shape index (κ3) is 5.00. The standard InChI is InChI=1S/C23H21N5O4S3/c29-17(9-16-7-4-8-33-16)25-19-21(30)28-20(23(31)32)15(13-35-22(19)28)12-34-18-10-24-26-27(18)11-14-5-2-1-3-6-14/h1-8,10,19,22H,9,11-13H2,(H,25,29)(H,31,32)/t19?,22-/m0/s1. The number of carboxylic acids is 1. The molecule has 0 spiro atoms. The summed E-state index contributed by atoms with van der Waals surface area (Å²) in [6.07, 6.45) is 1.86. The molecule has 2 aromatic heterocycles. The summed E-state index contributed by atoms with van der Waals surface area (Å²) in [5, 5.41) is 23.1. The Morgan fingerprint density at radius 1 is 1.20 bits per heavy atom. The topological polar surface area (TPSA) is 117 Å². The number of carbonyl (C=O) groups is 3. The van der Waals surface area contributed by atoms with Gasteiger partial charge in [0, 0.05) is 16.4 Å². The van der Waals surface area contributed by atoms with Gasteiger partial charge in [-0.25, -0.2) is 9.48 Å². The molecule has 2 N–H and O–H groups in total. The Hall–Kier alpha value is -3.09. The molecular formula is C23H21N5O4S3. The van der Waals surface area contributed by atoms with Crippen LogP contribution in [0.4, 0.5) is 0 Å². The second-order valence-electron chi connectivity index (χ2n) is 7.97. The van der Waals surface area contributed by atoms with Crippen molar-refractivity contribution in [3.8, 4) is 0 Å². The minimum Gasteiger partial charge on any atom is -0.477 e. The number of carboxylic acid groups (broad SMARTS) is 1. The van der Waals surface area contributed by atoms with Crippen LogP contribution in [0.15, 0.2) is 70.3 Å². The van der Waals surface area contributed by atoms with E-state index in [1.54, 1.807) is 10.9 Å². The van der Waals surface area contributed by atoms with Gasteiger partial charge in [0.2, 0.25) is 5.91 Å². The number of thioether (sulfide) groups is 2. The van der Waals surface area contributed by atoms with Gasteiger partial charge in [0.25, 0.3) is 5.91 Å². The minimum atomic E-state index is -1.14. The van der Waals surface area contributed by atoms with E-state index in [0.29, 0.717) is 23.6 Å². The van der Waals surface area contributed by atoms with Crippen molar-refractivity contribution in [1.82, 2.24) is 25.2 Å². The summed E-state index contributed by atoms with van der Waals surface area (Å²) in [6, 6.07) is 12.9. The Balaban J connectivity index is 1.25. The number of aliphatic carboxylic acids is 1. The second-order valence-corrected chi connectivity index (χ2v) is 11.1. The third-order valence-corrected chi connectivity index (χ3v) is 8.95. The zero-order valence-electron chi connectivity index (χ0n) is 18.4. The SMILES string of the molecule is O=C(Cc1cccs1)NC1C(=O)N2C(C(=O)O)=C(CSc3cnnn3Cc3ccccc3)CS[C@@H]12. The summed E-state index contributed by atoms with van der Waals surface area (Å²) in [4.78, 5) is 39.6. The van der Waals surface area contributed by atoms with E-state index >= 15 is 0 Å². The van der Waals surface area contributed by atoms with Crippen LogP contribution >= 0.6 is 34.9 Å². The van der Waals surface area contributed by atoms with Gasteiger partial charge in [-0.15, -0.1) is 40.0 Å². The summed E-state index contributed by atoms with van der Waals surface area (Å²) < 4.78 is 1.77. The van der Waals surface area contributed by atoms with E-state index in [1.165, 1.54) is 39.8 Å². The molecular weight excluding hydrogens is 506 g/mol. The quantitative estimate of drug-likeness (QED) is 0.322. The van der Waals surface area contributed by atoms with Crippen molar-refractivity contribution < 1.29 is 19.5 Å². The molecule has 9 nitrogen and oxygen atoms in total. The number of hydrogen-bond donors (Lipinski definition) is 2. The van der Waals surface area contributed by atoms with E-state index < -0.39 is 23.3 Å². The van der Waals surface area contributed by atoms with Crippen molar-refractivity contribution in [2.45, 2.75) is 29.4 Å². The Bertz CT molecular complexity index is 1280. The van der Waals surface area contributed by atoms with Crippen LogP contribution in [0.3, 0.4) is 0 Å². The molecule has 2 aliphatic rings. The monoisotopic (exact) mass is 527 g/mol. The first kappa shape index (κ1) is 23.6. The molecule has 2 aliphatic heterocycles. The molecule has 0 radical (unpaired) electrons. The fourth-order valence-corrected chi connectivity index (χ4v) is 7.09. The van der Waals surface area contributed by atoms with Crippen LogP contribution in [0.2, 0.25) is 0 Å². The lowest BCUT2D eigenvalue weighted by atomic mass is 10.0. The minimum absolute atomic E-state index is 0.0112. The van der Waals surface area contributed by atoms with E-state index in [0.717, 1.165) is 15.5 Å². The molecule has 3 aromatic rings. The van der Waals surface area contributed by atoms with E-state index in [9.17, 15) is 19.5 Å². The number of thiophene rings is 1. The summed E-state index contributed by atoms with van der Waals surface area (Å²) in [5.41, 5.74) is 1.75. The molecule has 0 saturated carbocycles. The van der Waals surface area contributed by atoms with E-state index in [2.05, 4.69) is 15.6 Å². The van der Waals surface area contributed by atoms with E-state index in [4.69, 9.17) is 0 Å². The summed E-state index contributed by atoms with van der Waals surface area (Å²) in [7, 11) is 0. The summed E-state index contributed by atoms with van der Waals surface area (Å²) >= 11 is 4.39. The fourth-order valence-electron chi connectivity index (χ4n) is 3.98. The molecule has 4 heterocycles. The van der Waals surface area contributed by atoms with Crippen molar-refractivity contribution >= 4 is 52.6 Å². The largest absolute Gasteiger partial charge is 0.477 e. The zero-order valence-corrected chi connectivity index (χ0v) is 20.8. The molecule has 5 rings (SSSR count). The first-order valence-electron chi connectivity index (χ1n) is 10.8. The molecule has 1 fully saturated rings. The van der Waals surface area contributed by atoms with Crippen molar-refractivity contribution in [2.75, 3.05) is 11.5 Å². The lowest BCUT2D eigenvalue weighted by Crippen LogP contribution is -2.70. The highest BCUT2D eigenvalue weighted by atomic mass is 32.2. The van der Waals surface area contributed by atoms with Gasteiger partial charge in [-0.1, -0.05) is 41.6 Å². The number of benzene rings is 1. The molecule has 2 amide bonds. The van der Waals surface area contributed by atoms with Gasteiger partial charge >= 0.3 is 5.97 Å². The Morgan fingerprint density at radius 3 is 2.77 bits per heavy atom. The molecule has 2 atom stereocenters. The van der Waals surface area contributed by atoms with Crippen LogP contribution in [0.25, 0.3) is 0 Å². The van der Waals surface area contributed by atoms with Crippen LogP contribution in [-0.4, -0.2) is 65.7 Å². The highest BCUT2D eigenvalue weighted by molar-refractivity contribution is 8.01. The summed E-state index contributed by atoms with van der Waals surface area (Å²) in [5.74, 6) is -0.924.